The lowest BCUT2D eigenvalue weighted by atomic mass is 10.0. The average molecular weight is 489 g/mol. The number of benzene rings is 2. The van der Waals surface area contributed by atoms with Crippen molar-refractivity contribution in [1.82, 2.24) is 9.21 Å². The number of hydrogen-bond donors (Lipinski definition) is 1. The molecule has 0 fully saturated rings. The van der Waals surface area contributed by atoms with Crippen LogP contribution in [0.15, 0.2) is 47.4 Å². The van der Waals surface area contributed by atoms with Gasteiger partial charge in [-0.05, 0) is 37.3 Å². The summed E-state index contributed by atoms with van der Waals surface area (Å²) in [5.41, 5.74) is 0.672. The molecule has 0 aromatic heterocycles. The van der Waals surface area contributed by atoms with Gasteiger partial charge in [0.25, 0.3) is 0 Å². The fourth-order valence-corrected chi connectivity index (χ4v) is 5.45. The predicted molar refractivity (Wildman–Crippen MR) is 126 cm³/mol. The fourth-order valence-electron chi connectivity index (χ4n) is 3.62. The van der Waals surface area contributed by atoms with Crippen LogP contribution in [-0.2, 0) is 14.8 Å². The number of ether oxygens (including phenoxy) is 1. The van der Waals surface area contributed by atoms with Gasteiger partial charge in [-0.3, -0.25) is 4.79 Å². The maximum atomic E-state index is 13.9. The number of hydrogen-bond acceptors (Lipinski definition) is 5. The minimum Gasteiger partial charge on any atom is -0.487 e. The molecule has 0 unspecified atom stereocenters. The summed E-state index contributed by atoms with van der Waals surface area (Å²) < 4.78 is 48.3. The molecular weight excluding hydrogens is 459 g/mol. The minimum atomic E-state index is -3.99. The van der Waals surface area contributed by atoms with Crippen molar-refractivity contribution in [3.8, 4) is 17.6 Å². The number of rotatable bonds is 4. The van der Waals surface area contributed by atoms with E-state index in [0.29, 0.717) is 5.56 Å². The van der Waals surface area contributed by atoms with Crippen molar-refractivity contribution in [3.63, 3.8) is 0 Å². The van der Waals surface area contributed by atoms with Crippen LogP contribution >= 0.6 is 0 Å². The van der Waals surface area contributed by atoms with E-state index in [1.807, 2.05) is 6.92 Å². The van der Waals surface area contributed by atoms with Crippen molar-refractivity contribution in [3.05, 3.63) is 59.4 Å². The van der Waals surface area contributed by atoms with Crippen LogP contribution < -0.4 is 4.74 Å². The van der Waals surface area contributed by atoms with E-state index in [1.54, 1.807) is 32.2 Å². The molecule has 3 rings (SSSR count). The summed E-state index contributed by atoms with van der Waals surface area (Å²) in [6.07, 6.45) is -0.508. The normalized spacial score (nSPS) is 20.5. The molecule has 1 N–H and O–H groups in total. The third kappa shape index (κ3) is 5.58. The highest BCUT2D eigenvalue weighted by Gasteiger charge is 2.38. The van der Waals surface area contributed by atoms with Gasteiger partial charge in [0, 0.05) is 38.0 Å². The number of likely N-dealkylation sites (N-methyl/N-ethyl adjacent to an activating group) is 1. The van der Waals surface area contributed by atoms with E-state index in [2.05, 4.69) is 11.8 Å². The van der Waals surface area contributed by atoms with Crippen LogP contribution in [-0.4, -0.2) is 67.5 Å². The first-order valence-electron chi connectivity index (χ1n) is 11.0. The predicted octanol–water partition coefficient (Wildman–Crippen LogP) is 2.47. The molecule has 0 saturated carbocycles. The maximum Gasteiger partial charge on any atom is 0.247 e. The molecular formula is C25H29FN2O5S. The molecule has 1 aliphatic rings. The summed E-state index contributed by atoms with van der Waals surface area (Å²) >= 11 is 0. The van der Waals surface area contributed by atoms with Gasteiger partial charge >= 0.3 is 0 Å². The Hall–Kier alpha value is -2.93. The van der Waals surface area contributed by atoms with Gasteiger partial charge in [0.15, 0.2) is 0 Å². The standard InChI is InChI=1S/C25H29FN2O5S/c1-17-14-28(18(2)16-29)34(31,32)25-12-10-20(9-11-21-7-5-6-8-22(21)26)13-23(25)33-24(17)15-27(4)19(3)30/h5-8,10,12-13,17-18,24,29H,14-16H2,1-4H3/t17-,18+,24+/m1/s1. The Labute approximate surface area is 200 Å². The maximum absolute atomic E-state index is 13.9. The summed E-state index contributed by atoms with van der Waals surface area (Å²) in [6.45, 7) is 4.96. The van der Waals surface area contributed by atoms with Gasteiger partial charge in [0.05, 0.1) is 18.7 Å². The molecule has 0 radical (unpaired) electrons. The van der Waals surface area contributed by atoms with Crippen molar-refractivity contribution in [2.24, 2.45) is 5.92 Å². The Morgan fingerprint density at radius 2 is 2.00 bits per heavy atom. The first-order valence-corrected chi connectivity index (χ1v) is 12.4. The molecule has 34 heavy (non-hydrogen) atoms. The van der Waals surface area contributed by atoms with Crippen LogP contribution in [0.2, 0.25) is 0 Å². The van der Waals surface area contributed by atoms with Gasteiger partial charge in [-0.25, -0.2) is 12.8 Å². The molecule has 182 valence electrons. The van der Waals surface area contributed by atoms with Crippen molar-refractivity contribution < 1.29 is 27.4 Å². The first kappa shape index (κ1) is 25.7. The molecule has 3 atom stereocenters. The van der Waals surface area contributed by atoms with Crippen molar-refractivity contribution >= 4 is 15.9 Å². The number of amides is 1. The molecule has 1 aliphatic heterocycles. The summed E-state index contributed by atoms with van der Waals surface area (Å²) in [5, 5.41) is 9.71. The van der Waals surface area contributed by atoms with Gasteiger partial charge in [-0.1, -0.05) is 30.9 Å². The van der Waals surface area contributed by atoms with E-state index < -0.39 is 28.0 Å². The number of sulfonamides is 1. The lowest BCUT2D eigenvalue weighted by Gasteiger charge is -2.37. The minimum absolute atomic E-state index is 0.0494. The zero-order chi connectivity index (χ0) is 25.0. The molecule has 0 spiro atoms. The molecule has 0 saturated heterocycles. The van der Waals surface area contributed by atoms with Gasteiger partial charge < -0.3 is 14.7 Å². The largest absolute Gasteiger partial charge is 0.487 e. The Bertz CT molecular complexity index is 1220. The van der Waals surface area contributed by atoms with Gasteiger partial charge in [0.2, 0.25) is 15.9 Å². The highest BCUT2D eigenvalue weighted by Crippen LogP contribution is 2.34. The SMILES string of the molecule is CC(=O)N(C)C[C@@H]1Oc2cc(C#Cc3ccccc3F)ccc2S(=O)(=O)N([C@@H](C)CO)C[C@H]1C. The van der Waals surface area contributed by atoms with E-state index in [4.69, 9.17) is 4.74 Å². The number of carbonyl (C=O) groups excluding carboxylic acids is 1. The molecule has 0 bridgehead atoms. The smallest absolute Gasteiger partial charge is 0.247 e. The first-order chi connectivity index (χ1) is 16.0. The third-order valence-electron chi connectivity index (χ3n) is 5.87. The quantitative estimate of drug-likeness (QED) is 0.669. The molecule has 7 nitrogen and oxygen atoms in total. The molecule has 2 aromatic rings. The monoisotopic (exact) mass is 488 g/mol. The van der Waals surface area contributed by atoms with E-state index >= 15 is 0 Å². The zero-order valence-corrected chi connectivity index (χ0v) is 20.5. The van der Waals surface area contributed by atoms with E-state index in [9.17, 15) is 22.7 Å². The van der Waals surface area contributed by atoms with Crippen molar-refractivity contribution in [2.45, 2.75) is 37.8 Å². The van der Waals surface area contributed by atoms with Crippen LogP contribution in [0.4, 0.5) is 4.39 Å². The van der Waals surface area contributed by atoms with E-state index in [-0.39, 0.29) is 47.7 Å². The second kappa shape index (κ2) is 10.6. The Morgan fingerprint density at radius 1 is 1.29 bits per heavy atom. The van der Waals surface area contributed by atoms with Crippen LogP contribution in [0.3, 0.4) is 0 Å². The Kier molecular flexibility index (Phi) is 7.97. The van der Waals surface area contributed by atoms with Crippen LogP contribution in [0, 0.1) is 23.6 Å². The van der Waals surface area contributed by atoms with Crippen LogP contribution in [0.25, 0.3) is 0 Å². The highest BCUT2D eigenvalue weighted by molar-refractivity contribution is 7.89. The van der Waals surface area contributed by atoms with Gasteiger partial charge in [-0.15, -0.1) is 0 Å². The summed E-state index contributed by atoms with van der Waals surface area (Å²) in [4.78, 5) is 13.3. The Morgan fingerprint density at radius 3 is 2.65 bits per heavy atom. The molecule has 1 amide bonds. The lowest BCUT2D eigenvalue weighted by Crippen LogP contribution is -2.50. The molecule has 2 aromatic carbocycles. The third-order valence-corrected chi connectivity index (χ3v) is 7.89. The summed E-state index contributed by atoms with van der Waals surface area (Å²) in [6, 6.07) is 9.94. The van der Waals surface area contributed by atoms with Crippen LogP contribution in [0.5, 0.6) is 5.75 Å². The average Bonchev–Trinajstić information content (AvgIpc) is 2.80. The van der Waals surface area contributed by atoms with Gasteiger partial charge in [0.1, 0.15) is 22.6 Å². The summed E-state index contributed by atoms with van der Waals surface area (Å²) in [7, 11) is -2.33. The number of halogens is 1. The number of fused-ring (bicyclic) bond motifs is 1. The number of carbonyl (C=O) groups is 1. The summed E-state index contributed by atoms with van der Waals surface area (Å²) in [5.74, 6) is 4.85. The molecule has 0 aliphatic carbocycles. The fraction of sp³-hybridized carbons (Fsp3) is 0.400. The van der Waals surface area contributed by atoms with Crippen molar-refractivity contribution in [2.75, 3.05) is 26.7 Å². The highest BCUT2D eigenvalue weighted by atomic mass is 32.2. The van der Waals surface area contributed by atoms with E-state index in [0.717, 1.165) is 0 Å². The topological polar surface area (TPSA) is 87.2 Å². The molecule has 9 heteroatoms. The van der Waals surface area contributed by atoms with Crippen molar-refractivity contribution in [1.29, 1.82) is 0 Å². The van der Waals surface area contributed by atoms with Crippen LogP contribution in [0.1, 0.15) is 31.9 Å². The molecule has 1 heterocycles. The second-order valence-corrected chi connectivity index (χ2v) is 10.4. The number of aliphatic hydroxyl groups excluding tert-OH is 1. The number of aliphatic hydroxyl groups is 1. The lowest BCUT2D eigenvalue weighted by molar-refractivity contribution is -0.129. The Balaban J connectivity index is 2.09. The zero-order valence-electron chi connectivity index (χ0n) is 19.7. The van der Waals surface area contributed by atoms with E-state index in [1.165, 1.54) is 40.4 Å². The second-order valence-electron chi connectivity index (χ2n) is 8.53. The van der Waals surface area contributed by atoms with Gasteiger partial charge in [-0.2, -0.15) is 4.31 Å². The number of nitrogens with zero attached hydrogens (tertiary/aromatic N) is 2.